The summed E-state index contributed by atoms with van der Waals surface area (Å²) < 4.78 is 5.53. The number of carbonyl (C=O) groups is 1. The van der Waals surface area contributed by atoms with E-state index in [-0.39, 0.29) is 18.1 Å². The van der Waals surface area contributed by atoms with Gasteiger partial charge in [0.05, 0.1) is 6.61 Å². The summed E-state index contributed by atoms with van der Waals surface area (Å²) >= 11 is 0. The second-order valence-corrected chi connectivity index (χ2v) is 5.47. The Balaban J connectivity index is 1.68. The Kier molecular flexibility index (Phi) is 4.05. The van der Waals surface area contributed by atoms with Crippen molar-refractivity contribution in [1.29, 1.82) is 0 Å². The molecule has 0 heterocycles. The third-order valence-electron chi connectivity index (χ3n) is 3.86. The van der Waals surface area contributed by atoms with E-state index in [1.54, 1.807) is 0 Å². The first-order valence-corrected chi connectivity index (χ1v) is 6.81. The van der Waals surface area contributed by atoms with Crippen molar-refractivity contribution in [2.75, 3.05) is 19.8 Å². The molecule has 0 spiro atoms. The van der Waals surface area contributed by atoms with Gasteiger partial charge in [0.2, 0.25) is 5.91 Å². The van der Waals surface area contributed by atoms with E-state index in [9.17, 15) is 4.79 Å². The van der Waals surface area contributed by atoms with Gasteiger partial charge in [-0.3, -0.25) is 4.79 Å². The highest BCUT2D eigenvalue weighted by atomic mass is 16.5. The molecule has 0 aromatic carbocycles. The van der Waals surface area contributed by atoms with Gasteiger partial charge in [-0.1, -0.05) is 12.8 Å². The maximum Gasteiger partial charge on any atom is 0.248 e. The fraction of sp³-hybridized carbons (Fsp3) is 0.923. The van der Waals surface area contributed by atoms with E-state index < -0.39 is 0 Å². The fourth-order valence-electron chi connectivity index (χ4n) is 2.67. The van der Waals surface area contributed by atoms with E-state index in [1.165, 1.54) is 12.8 Å². The standard InChI is InChI=1S/C13H24N2O2/c1-2-15(11-5-6-11)12(16)9-17-10-13(14)7-3-4-8-13/h11H,2-10,14H2,1H3. The Bertz CT molecular complexity index is 271. The Morgan fingerprint density at radius 2 is 2.06 bits per heavy atom. The number of nitrogens with two attached hydrogens (primary N) is 1. The molecule has 0 atom stereocenters. The lowest BCUT2D eigenvalue weighted by Crippen LogP contribution is -2.43. The van der Waals surface area contributed by atoms with Crippen LogP contribution in [0.4, 0.5) is 0 Å². The average Bonchev–Trinajstić information content (AvgIpc) is 3.03. The first kappa shape index (κ1) is 12.8. The first-order valence-electron chi connectivity index (χ1n) is 6.81. The summed E-state index contributed by atoms with van der Waals surface area (Å²) in [7, 11) is 0. The summed E-state index contributed by atoms with van der Waals surface area (Å²) in [5, 5.41) is 0. The van der Waals surface area contributed by atoms with E-state index >= 15 is 0 Å². The Hall–Kier alpha value is -0.610. The van der Waals surface area contributed by atoms with Crippen LogP contribution in [-0.2, 0) is 9.53 Å². The fourth-order valence-corrected chi connectivity index (χ4v) is 2.67. The minimum atomic E-state index is -0.170. The first-order chi connectivity index (χ1) is 8.14. The Labute approximate surface area is 103 Å². The Morgan fingerprint density at radius 1 is 1.41 bits per heavy atom. The normalized spacial score (nSPS) is 22.7. The predicted molar refractivity (Wildman–Crippen MR) is 66.6 cm³/mol. The molecule has 0 aromatic heterocycles. The van der Waals surface area contributed by atoms with Crippen molar-refractivity contribution in [3.63, 3.8) is 0 Å². The lowest BCUT2D eigenvalue weighted by atomic mass is 10.0. The van der Waals surface area contributed by atoms with Crippen LogP contribution >= 0.6 is 0 Å². The molecule has 2 N–H and O–H groups in total. The number of ether oxygens (including phenoxy) is 1. The largest absolute Gasteiger partial charge is 0.370 e. The molecule has 0 bridgehead atoms. The van der Waals surface area contributed by atoms with Gasteiger partial charge < -0.3 is 15.4 Å². The van der Waals surface area contributed by atoms with E-state index in [2.05, 4.69) is 0 Å². The quantitative estimate of drug-likeness (QED) is 0.761. The summed E-state index contributed by atoms with van der Waals surface area (Å²) in [6.45, 7) is 3.54. The summed E-state index contributed by atoms with van der Waals surface area (Å²) in [5.41, 5.74) is 6.01. The van der Waals surface area contributed by atoms with Crippen molar-refractivity contribution in [3.8, 4) is 0 Å². The highest BCUT2D eigenvalue weighted by molar-refractivity contribution is 5.78. The maximum atomic E-state index is 11.9. The minimum absolute atomic E-state index is 0.122. The lowest BCUT2D eigenvalue weighted by molar-refractivity contribution is -0.137. The lowest BCUT2D eigenvalue weighted by Gasteiger charge is -2.25. The zero-order valence-corrected chi connectivity index (χ0v) is 10.8. The van der Waals surface area contributed by atoms with E-state index in [0.29, 0.717) is 12.6 Å². The molecule has 2 saturated carbocycles. The molecule has 4 heteroatoms. The third-order valence-corrected chi connectivity index (χ3v) is 3.86. The second-order valence-electron chi connectivity index (χ2n) is 5.47. The monoisotopic (exact) mass is 240 g/mol. The van der Waals surface area contributed by atoms with Crippen molar-refractivity contribution < 1.29 is 9.53 Å². The van der Waals surface area contributed by atoms with E-state index in [4.69, 9.17) is 10.5 Å². The van der Waals surface area contributed by atoms with Crippen molar-refractivity contribution in [2.24, 2.45) is 5.73 Å². The van der Waals surface area contributed by atoms with E-state index in [1.807, 2.05) is 11.8 Å². The van der Waals surface area contributed by atoms with Crippen LogP contribution in [-0.4, -0.2) is 42.1 Å². The van der Waals surface area contributed by atoms with Gasteiger partial charge in [0.15, 0.2) is 0 Å². The SMILES string of the molecule is CCN(C(=O)COCC1(N)CCCC1)C1CC1. The summed E-state index contributed by atoms with van der Waals surface area (Å²) in [6, 6.07) is 0.481. The van der Waals surface area contributed by atoms with Crippen molar-refractivity contribution in [1.82, 2.24) is 4.90 Å². The Morgan fingerprint density at radius 3 is 2.59 bits per heavy atom. The van der Waals surface area contributed by atoms with Crippen LogP contribution in [0.1, 0.15) is 45.4 Å². The summed E-state index contributed by atoms with van der Waals surface area (Å²) in [6.07, 6.45) is 6.75. The number of amides is 1. The molecule has 0 aliphatic heterocycles. The highest BCUT2D eigenvalue weighted by Gasteiger charge is 2.32. The van der Waals surface area contributed by atoms with Crippen LogP contribution in [0.5, 0.6) is 0 Å². The zero-order chi connectivity index (χ0) is 12.3. The predicted octanol–water partition coefficient (Wildman–Crippen LogP) is 1.29. The number of nitrogens with zero attached hydrogens (tertiary/aromatic N) is 1. The number of hydrogen-bond acceptors (Lipinski definition) is 3. The summed E-state index contributed by atoms with van der Waals surface area (Å²) in [5.74, 6) is 0.122. The smallest absolute Gasteiger partial charge is 0.248 e. The maximum absolute atomic E-state index is 11.9. The minimum Gasteiger partial charge on any atom is -0.370 e. The molecule has 17 heavy (non-hydrogen) atoms. The van der Waals surface area contributed by atoms with E-state index in [0.717, 1.165) is 32.2 Å². The number of hydrogen-bond donors (Lipinski definition) is 1. The molecule has 0 radical (unpaired) electrons. The summed E-state index contributed by atoms with van der Waals surface area (Å²) in [4.78, 5) is 13.8. The van der Waals surface area contributed by atoms with Crippen molar-refractivity contribution in [3.05, 3.63) is 0 Å². The highest BCUT2D eigenvalue weighted by Crippen LogP contribution is 2.28. The number of carbonyl (C=O) groups excluding carboxylic acids is 1. The molecule has 2 aliphatic rings. The molecule has 98 valence electrons. The van der Waals surface area contributed by atoms with Crippen LogP contribution in [0.2, 0.25) is 0 Å². The van der Waals surface area contributed by atoms with Gasteiger partial charge in [-0.2, -0.15) is 0 Å². The molecule has 2 fully saturated rings. The van der Waals surface area contributed by atoms with Gasteiger partial charge in [-0.25, -0.2) is 0 Å². The second kappa shape index (κ2) is 5.36. The number of rotatable bonds is 6. The average molecular weight is 240 g/mol. The van der Waals surface area contributed by atoms with Gasteiger partial charge in [0, 0.05) is 18.1 Å². The molecular weight excluding hydrogens is 216 g/mol. The van der Waals surface area contributed by atoms with Gasteiger partial charge >= 0.3 is 0 Å². The van der Waals surface area contributed by atoms with Gasteiger partial charge in [-0.15, -0.1) is 0 Å². The van der Waals surface area contributed by atoms with Crippen LogP contribution in [0.25, 0.3) is 0 Å². The van der Waals surface area contributed by atoms with Crippen LogP contribution in [0.3, 0.4) is 0 Å². The van der Waals surface area contributed by atoms with Gasteiger partial charge in [0.25, 0.3) is 0 Å². The molecule has 2 aliphatic carbocycles. The molecule has 1 amide bonds. The molecule has 0 aromatic rings. The van der Waals surface area contributed by atoms with Crippen LogP contribution < -0.4 is 5.73 Å². The third kappa shape index (κ3) is 3.42. The van der Waals surface area contributed by atoms with Crippen LogP contribution in [0.15, 0.2) is 0 Å². The van der Waals surface area contributed by atoms with Crippen molar-refractivity contribution >= 4 is 5.91 Å². The van der Waals surface area contributed by atoms with Crippen molar-refractivity contribution in [2.45, 2.75) is 57.0 Å². The molecule has 2 rings (SSSR count). The molecule has 4 nitrogen and oxygen atoms in total. The van der Waals surface area contributed by atoms with Gasteiger partial charge in [0.1, 0.15) is 6.61 Å². The molecular formula is C13H24N2O2. The zero-order valence-electron chi connectivity index (χ0n) is 10.8. The number of likely N-dealkylation sites (N-methyl/N-ethyl adjacent to an activating group) is 1. The van der Waals surface area contributed by atoms with Crippen LogP contribution in [0, 0.1) is 0 Å². The topological polar surface area (TPSA) is 55.6 Å². The molecule has 0 unspecified atom stereocenters. The molecule has 0 saturated heterocycles. The van der Waals surface area contributed by atoms with Gasteiger partial charge in [-0.05, 0) is 32.6 Å².